The highest BCUT2D eigenvalue weighted by Gasteiger charge is 2.21. The van der Waals surface area contributed by atoms with Crippen LogP contribution in [0.1, 0.15) is 16.8 Å². The summed E-state index contributed by atoms with van der Waals surface area (Å²) in [5, 5.41) is 8.66. The Bertz CT molecular complexity index is 486. The van der Waals surface area contributed by atoms with E-state index in [2.05, 4.69) is 0 Å². The van der Waals surface area contributed by atoms with Crippen molar-refractivity contribution < 1.29 is 18.7 Å². The Morgan fingerprint density at radius 1 is 1.24 bits per heavy atom. The first kappa shape index (κ1) is 11.6. The normalized spacial score (nSPS) is 15.1. The van der Waals surface area contributed by atoms with Crippen LogP contribution in [-0.4, -0.2) is 24.2 Å². The SMILES string of the molecule is O=C(O)c1ccc(N2CC=CCC2)c(F)c1F. The molecule has 0 bridgehead atoms. The predicted molar refractivity (Wildman–Crippen MR) is 59.3 cm³/mol. The van der Waals surface area contributed by atoms with Gasteiger partial charge in [0.05, 0.1) is 11.3 Å². The maximum atomic E-state index is 13.7. The zero-order valence-corrected chi connectivity index (χ0v) is 8.99. The molecular formula is C12H11F2NO2. The molecule has 0 saturated heterocycles. The van der Waals surface area contributed by atoms with Gasteiger partial charge in [0.1, 0.15) is 0 Å². The lowest BCUT2D eigenvalue weighted by Crippen LogP contribution is -2.28. The minimum Gasteiger partial charge on any atom is -0.478 e. The lowest BCUT2D eigenvalue weighted by molar-refractivity contribution is 0.0690. The second kappa shape index (κ2) is 4.53. The molecule has 1 aromatic rings. The van der Waals surface area contributed by atoms with Crippen LogP contribution in [0.3, 0.4) is 0 Å². The molecular weight excluding hydrogens is 228 g/mol. The molecule has 5 heteroatoms. The largest absolute Gasteiger partial charge is 0.478 e. The average molecular weight is 239 g/mol. The fraction of sp³-hybridized carbons (Fsp3) is 0.250. The second-order valence-corrected chi connectivity index (χ2v) is 3.77. The molecule has 0 amide bonds. The van der Waals surface area contributed by atoms with Crippen LogP contribution in [0.15, 0.2) is 24.3 Å². The minimum absolute atomic E-state index is 0.108. The van der Waals surface area contributed by atoms with Gasteiger partial charge in [0.25, 0.3) is 0 Å². The summed E-state index contributed by atoms with van der Waals surface area (Å²) in [5.41, 5.74) is -0.532. The smallest absolute Gasteiger partial charge is 0.338 e. The van der Waals surface area contributed by atoms with Crippen LogP contribution in [0.4, 0.5) is 14.5 Å². The van der Waals surface area contributed by atoms with Crippen molar-refractivity contribution in [2.24, 2.45) is 0 Å². The third-order valence-corrected chi connectivity index (χ3v) is 2.69. The number of halogens is 2. The minimum atomic E-state index is -1.47. The number of hydrogen-bond acceptors (Lipinski definition) is 2. The summed E-state index contributed by atoms with van der Waals surface area (Å²) in [6.07, 6.45) is 4.60. The van der Waals surface area contributed by atoms with E-state index in [1.807, 2.05) is 12.2 Å². The van der Waals surface area contributed by atoms with E-state index in [-0.39, 0.29) is 5.69 Å². The summed E-state index contributed by atoms with van der Waals surface area (Å²) in [6.45, 7) is 1.10. The topological polar surface area (TPSA) is 40.5 Å². The molecule has 2 rings (SSSR count). The molecule has 3 nitrogen and oxygen atoms in total. The van der Waals surface area contributed by atoms with Crippen LogP contribution in [0.5, 0.6) is 0 Å². The molecule has 0 saturated carbocycles. The number of aromatic carboxylic acids is 1. The number of carboxylic acid groups (broad SMARTS) is 1. The molecule has 17 heavy (non-hydrogen) atoms. The Balaban J connectivity index is 2.40. The van der Waals surface area contributed by atoms with Gasteiger partial charge < -0.3 is 10.0 Å². The van der Waals surface area contributed by atoms with E-state index < -0.39 is 23.2 Å². The Labute approximate surface area is 97.0 Å². The summed E-state index contributed by atoms with van der Waals surface area (Å²) in [5.74, 6) is -3.86. The maximum absolute atomic E-state index is 13.7. The lowest BCUT2D eigenvalue weighted by atomic mass is 10.1. The fourth-order valence-electron chi connectivity index (χ4n) is 1.81. The van der Waals surface area contributed by atoms with Crippen molar-refractivity contribution in [1.29, 1.82) is 0 Å². The van der Waals surface area contributed by atoms with Crippen LogP contribution >= 0.6 is 0 Å². The Kier molecular flexibility index (Phi) is 3.08. The predicted octanol–water partition coefficient (Wildman–Crippen LogP) is 2.43. The van der Waals surface area contributed by atoms with E-state index in [0.29, 0.717) is 13.1 Å². The molecule has 0 unspecified atom stereocenters. The fourth-order valence-corrected chi connectivity index (χ4v) is 1.81. The van der Waals surface area contributed by atoms with Crippen molar-refractivity contribution in [3.05, 3.63) is 41.5 Å². The number of nitrogens with zero attached hydrogens (tertiary/aromatic N) is 1. The molecule has 0 atom stereocenters. The molecule has 0 spiro atoms. The molecule has 1 aliphatic rings. The standard InChI is InChI=1S/C12H11F2NO2/c13-10-8(12(16)17)4-5-9(11(10)14)15-6-2-1-3-7-15/h1-2,4-5H,3,6-7H2,(H,16,17). The summed E-state index contributed by atoms with van der Waals surface area (Å²) in [7, 11) is 0. The van der Waals surface area contributed by atoms with Crippen molar-refractivity contribution >= 4 is 11.7 Å². The molecule has 90 valence electrons. The molecule has 0 fully saturated rings. The number of rotatable bonds is 2. The molecule has 0 radical (unpaired) electrons. The van der Waals surface area contributed by atoms with Gasteiger partial charge >= 0.3 is 5.97 Å². The highest BCUT2D eigenvalue weighted by atomic mass is 19.2. The van der Waals surface area contributed by atoms with Gasteiger partial charge in [-0.1, -0.05) is 12.2 Å². The average Bonchev–Trinajstić information content (AvgIpc) is 2.33. The van der Waals surface area contributed by atoms with Crippen LogP contribution in [0.25, 0.3) is 0 Å². The molecule has 0 aromatic heterocycles. The van der Waals surface area contributed by atoms with Gasteiger partial charge in [-0.3, -0.25) is 0 Å². The van der Waals surface area contributed by atoms with Gasteiger partial charge in [-0.2, -0.15) is 0 Å². The number of hydrogen-bond donors (Lipinski definition) is 1. The number of carboxylic acids is 1. The van der Waals surface area contributed by atoms with Crippen LogP contribution < -0.4 is 4.90 Å². The van der Waals surface area contributed by atoms with Crippen molar-refractivity contribution in [3.8, 4) is 0 Å². The quantitative estimate of drug-likeness (QED) is 0.806. The van der Waals surface area contributed by atoms with Crippen LogP contribution in [-0.2, 0) is 0 Å². The van der Waals surface area contributed by atoms with Gasteiger partial charge in [0.15, 0.2) is 11.6 Å². The highest BCUT2D eigenvalue weighted by molar-refractivity contribution is 5.88. The van der Waals surface area contributed by atoms with Crippen molar-refractivity contribution in [1.82, 2.24) is 0 Å². The summed E-state index contributed by atoms with van der Waals surface area (Å²) in [6, 6.07) is 2.40. The van der Waals surface area contributed by atoms with E-state index >= 15 is 0 Å². The van der Waals surface area contributed by atoms with Crippen LogP contribution in [0, 0.1) is 11.6 Å². The van der Waals surface area contributed by atoms with Crippen molar-refractivity contribution in [3.63, 3.8) is 0 Å². The first-order valence-corrected chi connectivity index (χ1v) is 5.22. The third-order valence-electron chi connectivity index (χ3n) is 2.69. The van der Waals surface area contributed by atoms with Crippen molar-refractivity contribution in [2.45, 2.75) is 6.42 Å². The Morgan fingerprint density at radius 2 is 2.00 bits per heavy atom. The lowest BCUT2D eigenvalue weighted by Gasteiger charge is -2.26. The first-order chi connectivity index (χ1) is 8.11. The molecule has 1 aromatic carbocycles. The van der Waals surface area contributed by atoms with Gasteiger partial charge in [0.2, 0.25) is 0 Å². The number of carbonyl (C=O) groups is 1. The number of anilines is 1. The third kappa shape index (κ3) is 2.13. The van der Waals surface area contributed by atoms with E-state index in [1.54, 1.807) is 4.90 Å². The summed E-state index contributed by atoms with van der Waals surface area (Å²) in [4.78, 5) is 12.3. The van der Waals surface area contributed by atoms with Crippen molar-refractivity contribution in [2.75, 3.05) is 18.0 Å². The highest BCUT2D eigenvalue weighted by Crippen LogP contribution is 2.25. The monoisotopic (exact) mass is 239 g/mol. The van der Waals surface area contributed by atoms with E-state index in [1.165, 1.54) is 6.07 Å². The second-order valence-electron chi connectivity index (χ2n) is 3.77. The number of benzene rings is 1. The zero-order chi connectivity index (χ0) is 12.4. The Morgan fingerprint density at radius 3 is 2.59 bits per heavy atom. The Hall–Kier alpha value is -1.91. The summed E-state index contributed by atoms with van der Waals surface area (Å²) >= 11 is 0. The summed E-state index contributed by atoms with van der Waals surface area (Å²) < 4.78 is 27.2. The van der Waals surface area contributed by atoms with Gasteiger partial charge in [-0.25, -0.2) is 13.6 Å². The van der Waals surface area contributed by atoms with Crippen LogP contribution in [0.2, 0.25) is 0 Å². The molecule has 1 heterocycles. The molecule has 1 aliphatic heterocycles. The van der Waals surface area contributed by atoms with E-state index in [0.717, 1.165) is 12.5 Å². The van der Waals surface area contributed by atoms with Gasteiger partial charge in [0, 0.05) is 13.1 Å². The van der Waals surface area contributed by atoms with Gasteiger partial charge in [-0.15, -0.1) is 0 Å². The first-order valence-electron chi connectivity index (χ1n) is 5.22. The maximum Gasteiger partial charge on any atom is 0.338 e. The van der Waals surface area contributed by atoms with E-state index in [9.17, 15) is 13.6 Å². The molecule has 1 N–H and O–H groups in total. The molecule has 0 aliphatic carbocycles. The van der Waals surface area contributed by atoms with Gasteiger partial charge in [-0.05, 0) is 18.6 Å². The van der Waals surface area contributed by atoms with E-state index in [4.69, 9.17) is 5.11 Å². The zero-order valence-electron chi connectivity index (χ0n) is 8.99.